The largest absolute Gasteiger partial charge is 0.274 e. The number of carbonyl (C=O) groups is 1. The minimum atomic E-state index is -1.26. The molecule has 4 heteroatoms. The maximum atomic E-state index is 11.6. The molecule has 0 bridgehead atoms. The van der Waals surface area contributed by atoms with Gasteiger partial charge in [-0.05, 0) is 18.6 Å². The molecule has 19 heavy (non-hydrogen) atoms. The van der Waals surface area contributed by atoms with Gasteiger partial charge in [0, 0.05) is 12.0 Å². The number of rotatable bonds is 5. The fourth-order valence-electron chi connectivity index (χ4n) is 1.33. The molecule has 0 saturated heterocycles. The van der Waals surface area contributed by atoms with E-state index in [1.54, 1.807) is 12.1 Å². The summed E-state index contributed by atoms with van der Waals surface area (Å²) in [7, 11) is -1.26. The maximum Gasteiger partial charge on any atom is 0.274 e. The van der Waals surface area contributed by atoms with Gasteiger partial charge in [0.05, 0.1) is 6.61 Å². The molecule has 0 aliphatic heterocycles. The Kier molecular flexibility index (Phi) is 6.33. The molecule has 0 heterocycles. The van der Waals surface area contributed by atoms with Crippen LogP contribution in [0.25, 0.3) is 0 Å². The van der Waals surface area contributed by atoms with E-state index in [-0.39, 0.29) is 5.91 Å². The molecule has 0 saturated carbocycles. The molecule has 0 aliphatic carbocycles. The highest BCUT2D eigenvalue weighted by molar-refractivity contribution is 6.83. The number of benzene rings is 1. The molecule has 0 aromatic heterocycles. The molecule has 1 aromatic carbocycles. The first-order valence-corrected chi connectivity index (χ1v) is 9.96. The smallest absolute Gasteiger partial charge is 0.273 e. The van der Waals surface area contributed by atoms with Crippen LogP contribution in [-0.4, -0.2) is 20.6 Å². The number of hydrogen-bond donors (Lipinski definition) is 1. The van der Waals surface area contributed by atoms with Crippen LogP contribution in [0.15, 0.2) is 30.3 Å². The van der Waals surface area contributed by atoms with Crippen molar-refractivity contribution in [2.24, 2.45) is 0 Å². The zero-order valence-electron chi connectivity index (χ0n) is 11.8. The number of amides is 1. The third kappa shape index (κ3) is 7.45. The van der Waals surface area contributed by atoms with E-state index in [0.717, 1.165) is 12.8 Å². The number of hydroxylamine groups is 1. The lowest BCUT2D eigenvalue weighted by atomic mass is 10.2. The van der Waals surface area contributed by atoms with E-state index < -0.39 is 8.07 Å². The van der Waals surface area contributed by atoms with Crippen molar-refractivity contribution in [3.63, 3.8) is 0 Å². The second-order valence-corrected chi connectivity index (χ2v) is 10.1. The van der Waals surface area contributed by atoms with Gasteiger partial charge in [-0.3, -0.25) is 9.63 Å². The highest BCUT2D eigenvalue weighted by atomic mass is 28.3. The van der Waals surface area contributed by atoms with E-state index in [1.807, 2.05) is 18.2 Å². The van der Waals surface area contributed by atoms with Gasteiger partial charge < -0.3 is 0 Å². The summed E-state index contributed by atoms with van der Waals surface area (Å²) in [4.78, 5) is 16.7. The van der Waals surface area contributed by atoms with E-state index >= 15 is 0 Å². The third-order valence-corrected chi connectivity index (χ3v) is 3.14. The van der Waals surface area contributed by atoms with Crippen LogP contribution in [0, 0.1) is 11.5 Å². The van der Waals surface area contributed by atoms with E-state index in [2.05, 4.69) is 36.6 Å². The second-order valence-electron chi connectivity index (χ2n) is 5.30. The normalized spacial score (nSPS) is 10.5. The van der Waals surface area contributed by atoms with E-state index in [1.165, 1.54) is 0 Å². The maximum absolute atomic E-state index is 11.6. The van der Waals surface area contributed by atoms with Crippen molar-refractivity contribution in [1.29, 1.82) is 0 Å². The van der Waals surface area contributed by atoms with Crippen LogP contribution in [-0.2, 0) is 4.84 Å². The Morgan fingerprint density at radius 2 is 1.95 bits per heavy atom. The summed E-state index contributed by atoms with van der Waals surface area (Å²) in [5.41, 5.74) is 6.32. The Bertz CT molecular complexity index is 455. The first-order valence-electron chi connectivity index (χ1n) is 6.46. The molecular formula is C15H21NO2Si. The van der Waals surface area contributed by atoms with Crippen molar-refractivity contribution >= 4 is 14.0 Å². The summed E-state index contributed by atoms with van der Waals surface area (Å²) < 4.78 is 0. The highest BCUT2D eigenvalue weighted by Gasteiger charge is 2.07. The molecule has 0 spiro atoms. The van der Waals surface area contributed by atoms with E-state index in [4.69, 9.17) is 4.84 Å². The van der Waals surface area contributed by atoms with Gasteiger partial charge in [-0.1, -0.05) is 37.8 Å². The van der Waals surface area contributed by atoms with Gasteiger partial charge >= 0.3 is 0 Å². The zero-order valence-corrected chi connectivity index (χ0v) is 12.8. The predicted molar refractivity (Wildman–Crippen MR) is 80.2 cm³/mol. The van der Waals surface area contributed by atoms with Crippen molar-refractivity contribution in [2.45, 2.75) is 32.5 Å². The van der Waals surface area contributed by atoms with Crippen molar-refractivity contribution < 1.29 is 9.63 Å². The Balaban J connectivity index is 2.15. The molecule has 0 radical (unpaired) electrons. The van der Waals surface area contributed by atoms with Crippen molar-refractivity contribution in [2.75, 3.05) is 6.61 Å². The predicted octanol–water partition coefficient (Wildman–Crippen LogP) is 3.01. The second kappa shape index (κ2) is 7.77. The van der Waals surface area contributed by atoms with Crippen LogP contribution < -0.4 is 5.48 Å². The third-order valence-electron chi connectivity index (χ3n) is 2.21. The van der Waals surface area contributed by atoms with Crippen LogP contribution in [0.5, 0.6) is 0 Å². The first-order chi connectivity index (χ1) is 8.99. The molecule has 102 valence electrons. The molecule has 0 atom stereocenters. The molecule has 1 aromatic rings. The minimum absolute atomic E-state index is 0.214. The molecule has 0 unspecified atom stereocenters. The topological polar surface area (TPSA) is 38.3 Å². The van der Waals surface area contributed by atoms with Crippen LogP contribution in [0.3, 0.4) is 0 Å². The SMILES string of the molecule is C[Si](C)(C)C#CCCCONC(=O)c1ccccc1. The lowest BCUT2D eigenvalue weighted by Crippen LogP contribution is -2.24. The van der Waals surface area contributed by atoms with Crippen LogP contribution >= 0.6 is 0 Å². The molecule has 3 nitrogen and oxygen atoms in total. The van der Waals surface area contributed by atoms with Gasteiger partial charge in [0.1, 0.15) is 8.07 Å². The quantitative estimate of drug-likeness (QED) is 0.388. The Morgan fingerprint density at radius 3 is 2.58 bits per heavy atom. The molecule has 1 N–H and O–H groups in total. The van der Waals surface area contributed by atoms with Gasteiger partial charge in [0.2, 0.25) is 0 Å². The van der Waals surface area contributed by atoms with Crippen molar-refractivity contribution in [1.82, 2.24) is 5.48 Å². The Hall–Kier alpha value is -1.57. The number of hydrogen-bond acceptors (Lipinski definition) is 2. The lowest BCUT2D eigenvalue weighted by Gasteiger charge is -2.05. The fraction of sp³-hybridized carbons (Fsp3) is 0.400. The summed E-state index contributed by atoms with van der Waals surface area (Å²) in [6.07, 6.45) is 1.64. The lowest BCUT2D eigenvalue weighted by molar-refractivity contribution is 0.0307. The summed E-state index contributed by atoms with van der Waals surface area (Å²) in [5.74, 6) is 2.95. The Labute approximate surface area is 116 Å². The first kappa shape index (κ1) is 15.5. The number of unbranched alkanes of at least 4 members (excludes halogenated alkanes) is 1. The van der Waals surface area contributed by atoms with Crippen molar-refractivity contribution in [3.05, 3.63) is 35.9 Å². The van der Waals surface area contributed by atoms with Gasteiger partial charge in [-0.25, -0.2) is 5.48 Å². The standard InChI is InChI=1S/C15H21NO2Si/c1-19(2,3)13-9-5-8-12-18-16-15(17)14-10-6-4-7-11-14/h4,6-7,10-11H,5,8,12H2,1-3H3,(H,16,17). The summed E-state index contributed by atoms with van der Waals surface area (Å²) in [6.45, 7) is 7.14. The van der Waals surface area contributed by atoms with Crippen molar-refractivity contribution in [3.8, 4) is 11.5 Å². The molecule has 1 rings (SSSR count). The average Bonchev–Trinajstić information content (AvgIpc) is 2.37. The number of carbonyl (C=O) groups excluding carboxylic acids is 1. The fourth-order valence-corrected chi connectivity index (χ4v) is 1.98. The summed E-state index contributed by atoms with van der Waals surface area (Å²) >= 11 is 0. The van der Waals surface area contributed by atoms with Gasteiger partial charge in [-0.15, -0.1) is 11.5 Å². The van der Waals surface area contributed by atoms with Gasteiger partial charge in [0.15, 0.2) is 0 Å². The van der Waals surface area contributed by atoms with E-state index in [0.29, 0.717) is 12.2 Å². The summed E-state index contributed by atoms with van der Waals surface area (Å²) in [5, 5.41) is 0. The zero-order chi connectivity index (χ0) is 14.1. The summed E-state index contributed by atoms with van der Waals surface area (Å²) in [6, 6.07) is 9.01. The molecular weight excluding hydrogens is 254 g/mol. The van der Waals surface area contributed by atoms with Gasteiger partial charge in [0.25, 0.3) is 5.91 Å². The van der Waals surface area contributed by atoms with Crippen LogP contribution in [0.1, 0.15) is 23.2 Å². The van der Waals surface area contributed by atoms with E-state index in [9.17, 15) is 4.79 Å². The Morgan fingerprint density at radius 1 is 1.26 bits per heavy atom. The van der Waals surface area contributed by atoms with Crippen LogP contribution in [0.2, 0.25) is 19.6 Å². The molecule has 0 fully saturated rings. The monoisotopic (exact) mass is 275 g/mol. The van der Waals surface area contributed by atoms with Crippen LogP contribution in [0.4, 0.5) is 0 Å². The average molecular weight is 275 g/mol. The minimum Gasteiger partial charge on any atom is -0.273 e. The molecule has 1 amide bonds. The molecule has 0 aliphatic rings. The van der Waals surface area contributed by atoms with Gasteiger partial charge in [-0.2, -0.15) is 0 Å². The highest BCUT2D eigenvalue weighted by Crippen LogP contribution is 1.99. The number of nitrogens with one attached hydrogen (secondary N) is 1.